The summed E-state index contributed by atoms with van der Waals surface area (Å²) in [4.78, 5) is 21.6. The van der Waals surface area contributed by atoms with Crippen LogP contribution in [0.15, 0.2) is 4.34 Å². The number of hydrogen-bond donors (Lipinski definition) is 2. The van der Waals surface area contributed by atoms with Crippen LogP contribution in [0, 0.1) is 0 Å². The molecular weight excluding hydrogens is 320 g/mol. The molecule has 0 spiro atoms. The van der Waals surface area contributed by atoms with Crippen molar-refractivity contribution in [2.75, 3.05) is 11.9 Å². The van der Waals surface area contributed by atoms with E-state index < -0.39 is 22.0 Å². The molecule has 1 aromatic rings. The van der Waals surface area contributed by atoms with Gasteiger partial charge in [0.2, 0.25) is 15.4 Å². The molecule has 1 unspecified atom stereocenters. The number of carboxylic acids is 1. The molecule has 0 aliphatic rings. The van der Waals surface area contributed by atoms with Crippen molar-refractivity contribution >= 4 is 38.4 Å². The Hall–Kier alpha value is -1.59. The van der Waals surface area contributed by atoms with E-state index in [4.69, 9.17) is 5.11 Å². The first-order chi connectivity index (χ1) is 9.68. The zero-order chi connectivity index (χ0) is 16.2. The summed E-state index contributed by atoms with van der Waals surface area (Å²) in [6.45, 7) is 4.48. The van der Waals surface area contributed by atoms with E-state index in [-0.39, 0.29) is 28.3 Å². The summed E-state index contributed by atoms with van der Waals surface area (Å²) in [5.74, 6) is -1.48. The second-order valence-electron chi connectivity index (χ2n) is 4.21. The van der Waals surface area contributed by atoms with Gasteiger partial charge < -0.3 is 10.4 Å². The Labute approximate surface area is 126 Å². The fourth-order valence-corrected chi connectivity index (χ4v) is 4.39. The smallest absolute Gasteiger partial charge is 0.304 e. The molecule has 0 aromatic carbocycles. The van der Waals surface area contributed by atoms with Crippen LogP contribution in [0.4, 0.5) is 5.13 Å². The SMILES string of the molecule is CCN(C(C)CC(=O)O)S(=O)(=O)c1nnc(NC(C)=O)s1. The van der Waals surface area contributed by atoms with E-state index >= 15 is 0 Å². The third kappa shape index (κ3) is 4.44. The van der Waals surface area contributed by atoms with Crippen LogP contribution in [0.5, 0.6) is 0 Å². The summed E-state index contributed by atoms with van der Waals surface area (Å²) in [5, 5.41) is 18.3. The van der Waals surface area contributed by atoms with Gasteiger partial charge >= 0.3 is 5.97 Å². The first-order valence-corrected chi connectivity index (χ1v) is 8.28. The summed E-state index contributed by atoms with van der Waals surface area (Å²) >= 11 is 0.717. The van der Waals surface area contributed by atoms with Crippen LogP contribution in [0.2, 0.25) is 0 Å². The first-order valence-electron chi connectivity index (χ1n) is 6.03. The first kappa shape index (κ1) is 17.5. The predicted octanol–water partition coefficient (Wildman–Crippen LogP) is 0.370. The maximum absolute atomic E-state index is 12.4. The van der Waals surface area contributed by atoms with E-state index in [1.165, 1.54) is 13.8 Å². The van der Waals surface area contributed by atoms with Gasteiger partial charge in [0.1, 0.15) is 0 Å². The van der Waals surface area contributed by atoms with Gasteiger partial charge in [0.15, 0.2) is 0 Å². The molecule has 2 N–H and O–H groups in total. The molecule has 1 atom stereocenters. The second kappa shape index (κ2) is 6.91. The number of hydrogen-bond acceptors (Lipinski definition) is 7. The molecule has 1 rings (SSSR count). The Bertz CT molecular complexity index is 627. The number of anilines is 1. The van der Waals surface area contributed by atoms with Crippen LogP contribution in [-0.4, -0.2) is 52.5 Å². The quantitative estimate of drug-likeness (QED) is 0.688. The van der Waals surface area contributed by atoms with Gasteiger partial charge in [-0.15, -0.1) is 10.2 Å². The van der Waals surface area contributed by atoms with Crippen LogP contribution >= 0.6 is 11.3 Å². The third-order valence-electron chi connectivity index (χ3n) is 2.49. The Balaban J connectivity index is 3.04. The molecule has 21 heavy (non-hydrogen) atoms. The minimum absolute atomic E-state index is 0.0722. The van der Waals surface area contributed by atoms with E-state index in [2.05, 4.69) is 15.5 Å². The van der Waals surface area contributed by atoms with Crippen LogP contribution in [0.25, 0.3) is 0 Å². The number of aliphatic carboxylic acids is 1. The van der Waals surface area contributed by atoms with Crippen LogP contribution in [-0.2, 0) is 19.6 Å². The highest BCUT2D eigenvalue weighted by molar-refractivity contribution is 7.91. The van der Waals surface area contributed by atoms with Gasteiger partial charge in [-0.3, -0.25) is 9.59 Å². The lowest BCUT2D eigenvalue weighted by Gasteiger charge is -2.24. The molecule has 0 fully saturated rings. The van der Waals surface area contributed by atoms with Gasteiger partial charge in [-0.25, -0.2) is 8.42 Å². The number of carboxylic acid groups (broad SMARTS) is 1. The summed E-state index contributed by atoms with van der Waals surface area (Å²) in [5.41, 5.74) is 0. The number of nitrogens with one attached hydrogen (secondary N) is 1. The highest BCUT2D eigenvalue weighted by atomic mass is 32.2. The number of nitrogens with zero attached hydrogens (tertiary/aromatic N) is 3. The summed E-state index contributed by atoms with van der Waals surface area (Å²) in [6, 6.07) is -0.717. The lowest BCUT2D eigenvalue weighted by atomic mass is 10.2. The molecule has 0 aliphatic carbocycles. The monoisotopic (exact) mass is 336 g/mol. The molecule has 11 heteroatoms. The molecule has 0 radical (unpaired) electrons. The maximum atomic E-state index is 12.4. The van der Waals surface area contributed by atoms with Crippen molar-refractivity contribution < 1.29 is 23.1 Å². The van der Waals surface area contributed by atoms with E-state index in [1.54, 1.807) is 6.92 Å². The number of aromatic nitrogens is 2. The zero-order valence-corrected chi connectivity index (χ0v) is 13.4. The lowest BCUT2D eigenvalue weighted by molar-refractivity contribution is -0.137. The summed E-state index contributed by atoms with van der Waals surface area (Å²) in [6.07, 6.45) is -0.315. The second-order valence-corrected chi connectivity index (χ2v) is 7.25. The molecular formula is C10H16N4O5S2. The molecule has 118 valence electrons. The molecule has 0 saturated heterocycles. The van der Waals surface area contributed by atoms with Gasteiger partial charge in [0.25, 0.3) is 10.0 Å². The minimum Gasteiger partial charge on any atom is -0.481 e. The molecule has 1 amide bonds. The number of sulfonamides is 1. The number of carbonyl (C=O) groups is 2. The zero-order valence-electron chi connectivity index (χ0n) is 11.7. The van der Waals surface area contributed by atoms with E-state index in [0.29, 0.717) is 11.3 Å². The Morgan fingerprint density at radius 1 is 1.43 bits per heavy atom. The van der Waals surface area contributed by atoms with Crippen molar-refractivity contribution in [1.29, 1.82) is 0 Å². The highest BCUT2D eigenvalue weighted by Crippen LogP contribution is 2.25. The topological polar surface area (TPSA) is 130 Å². The summed E-state index contributed by atoms with van der Waals surface area (Å²) < 4.78 is 25.6. The summed E-state index contributed by atoms with van der Waals surface area (Å²) in [7, 11) is -3.95. The third-order valence-corrected chi connectivity index (χ3v) is 5.77. The van der Waals surface area contributed by atoms with E-state index in [0.717, 1.165) is 4.31 Å². The van der Waals surface area contributed by atoms with Gasteiger partial charge in [-0.2, -0.15) is 4.31 Å². The van der Waals surface area contributed by atoms with Crippen LogP contribution in [0.1, 0.15) is 27.2 Å². The molecule has 1 aromatic heterocycles. The molecule has 0 bridgehead atoms. The van der Waals surface area contributed by atoms with Crippen molar-refractivity contribution in [3.05, 3.63) is 0 Å². The lowest BCUT2D eigenvalue weighted by Crippen LogP contribution is -2.39. The van der Waals surface area contributed by atoms with Crippen molar-refractivity contribution in [3.63, 3.8) is 0 Å². The van der Waals surface area contributed by atoms with Crippen LogP contribution < -0.4 is 5.32 Å². The van der Waals surface area contributed by atoms with E-state index in [9.17, 15) is 18.0 Å². The van der Waals surface area contributed by atoms with Crippen molar-refractivity contribution in [2.45, 2.75) is 37.6 Å². The molecule has 0 aliphatic heterocycles. The Kier molecular flexibility index (Phi) is 5.75. The van der Waals surface area contributed by atoms with Gasteiger partial charge in [0.05, 0.1) is 6.42 Å². The fraction of sp³-hybridized carbons (Fsp3) is 0.600. The fourth-order valence-electron chi connectivity index (χ4n) is 1.69. The molecule has 9 nitrogen and oxygen atoms in total. The molecule has 1 heterocycles. The van der Waals surface area contributed by atoms with Crippen molar-refractivity contribution in [1.82, 2.24) is 14.5 Å². The predicted molar refractivity (Wildman–Crippen MR) is 75.5 cm³/mol. The molecule has 0 saturated carbocycles. The maximum Gasteiger partial charge on any atom is 0.304 e. The number of carbonyl (C=O) groups excluding carboxylic acids is 1. The average molecular weight is 336 g/mol. The Morgan fingerprint density at radius 2 is 2.05 bits per heavy atom. The standard InChI is InChI=1S/C10H16N4O5S2/c1-4-14(6(2)5-8(16)17)21(18,19)10-13-12-9(20-10)11-7(3)15/h6H,4-5H2,1-3H3,(H,16,17)(H,11,12,15). The highest BCUT2D eigenvalue weighted by Gasteiger charge is 2.32. The van der Waals surface area contributed by atoms with E-state index in [1.807, 2.05) is 0 Å². The Morgan fingerprint density at radius 3 is 2.52 bits per heavy atom. The van der Waals surface area contributed by atoms with Crippen LogP contribution in [0.3, 0.4) is 0 Å². The number of rotatable bonds is 7. The average Bonchev–Trinajstić information content (AvgIpc) is 2.76. The largest absolute Gasteiger partial charge is 0.481 e. The normalized spacial score (nSPS) is 13.1. The van der Waals surface area contributed by atoms with Crippen molar-refractivity contribution in [3.8, 4) is 0 Å². The van der Waals surface area contributed by atoms with Gasteiger partial charge in [-0.1, -0.05) is 18.3 Å². The van der Waals surface area contributed by atoms with Gasteiger partial charge in [-0.05, 0) is 6.92 Å². The van der Waals surface area contributed by atoms with Gasteiger partial charge in [0, 0.05) is 19.5 Å². The minimum atomic E-state index is -3.95. The van der Waals surface area contributed by atoms with Crippen molar-refractivity contribution in [2.24, 2.45) is 0 Å². The number of amides is 1.